The fourth-order valence-electron chi connectivity index (χ4n) is 2.57. The molecular weight excluding hydrogens is 385 g/mol. The largest absolute Gasteiger partial charge is 0.497 e. The summed E-state index contributed by atoms with van der Waals surface area (Å²) in [4.78, 5) is 9.60. The zero-order valence-electron chi connectivity index (χ0n) is 16.0. The van der Waals surface area contributed by atoms with E-state index in [2.05, 4.69) is 15.3 Å². The van der Waals surface area contributed by atoms with Crippen molar-refractivity contribution in [3.05, 3.63) is 60.3 Å². The quantitative estimate of drug-likeness (QED) is 0.622. The lowest BCUT2D eigenvalue weighted by molar-refractivity contribution is -0.137. The Kier molecular flexibility index (Phi) is 5.76. The number of benzene rings is 2. The number of methoxy groups -OCH3 is 2. The summed E-state index contributed by atoms with van der Waals surface area (Å²) in [5, 5.41) is 2.72. The molecule has 1 heterocycles. The molecule has 0 radical (unpaired) electrons. The minimum absolute atomic E-state index is 0.110. The van der Waals surface area contributed by atoms with Crippen LogP contribution < -0.4 is 19.7 Å². The van der Waals surface area contributed by atoms with Crippen LogP contribution in [-0.2, 0) is 6.18 Å². The fraction of sp³-hybridized carbons (Fsp3) is 0.200. The molecule has 6 nitrogen and oxygen atoms in total. The van der Waals surface area contributed by atoms with Crippen LogP contribution in [0.2, 0.25) is 0 Å². The Morgan fingerprint density at radius 1 is 0.897 bits per heavy atom. The molecule has 0 aliphatic carbocycles. The van der Waals surface area contributed by atoms with Crippen molar-refractivity contribution in [1.82, 2.24) is 9.97 Å². The second-order valence-corrected chi connectivity index (χ2v) is 6.04. The molecular formula is C20H19F3N4O2. The maximum Gasteiger partial charge on any atom is 0.421 e. The fourth-order valence-corrected chi connectivity index (χ4v) is 2.57. The minimum atomic E-state index is -4.61. The Bertz CT molecular complexity index is 961. The number of alkyl halides is 3. The first kappa shape index (κ1) is 20.2. The zero-order chi connectivity index (χ0) is 21.0. The van der Waals surface area contributed by atoms with Crippen LogP contribution >= 0.6 is 0 Å². The summed E-state index contributed by atoms with van der Waals surface area (Å²) < 4.78 is 50.5. The summed E-state index contributed by atoms with van der Waals surface area (Å²) in [6, 6.07) is 13.5. The molecule has 152 valence electrons. The van der Waals surface area contributed by atoms with Gasteiger partial charge in [-0.1, -0.05) is 0 Å². The van der Waals surface area contributed by atoms with Crippen LogP contribution in [0, 0.1) is 0 Å². The van der Waals surface area contributed by atoms with E-state index >= 15 is 0 Å². The summed E-state index contributed by atoms with van der Waals surface area (Å²) in [6.45, 7) is 0. The lowest BCUT2D eigenvalue weighted by atomic mass is 10.2. The van der Waals surface area contributed by atoms with Crippen molar-refractivity contribution in [1.29, 1.82) is 0 Å². The van der Waals surface area contributed by atoms with E-state index in [1.807, 2.05) is 0 Å². The number of hydrogen-bond donors (Lipinski definition) is 1. The van der Waals surface area contributed by atoms with Crippen molar-refractivity contribution in [2.45, 2.75) is 6.18 Å². The Hall–Kier alpha value is -3.49. The van der Waals surface area contributed by atoms with Gasteiger partial charge in [0.05, 0.1) is 14.2 Å². The number of nitrogens with zero attached hydrogens (tertiary/aromatic N) is 3. The van der Waals surface area contributed by atoms with E-state index in [4.69, 9.17) is 9.47 Å². The van der Waals surface area contributed by atoms with Crippen LogP contribution in [0.5, 0.6) is 11.5 Å². The standard InChI is InChI=1S/C20H19F3N4O2/c1-27(14-6-10-16(29-3)11-7-14)19-24-12-17(20(21,22)23)18(26-19)25-13-4-8-15(28-2)9-5-13/h4-12H,1-3H3,(H,24,25,26). The van der Waals surface area contributed by atoms with Gasteiger partial charge in [-0.15, -0.1) is 0 Å². The average molecular weight is 404 g/mol. The third kappa shape index (κ3) is 4.68. The van der Waals surface area contributed by atoms with Gasteiger partial charge in [0.1, 0.15) is 22.9 Å². The highest BCUT2D eigenvalue weighted by Crippen LogP contribution is 2.36. The van der Waals surface area contributed by atoms with E-state index in [9.17, 15) is 13.2 Å². The van der Waals surface area contributed by atoms with Gasteiger partial charge in [0, 0.05) is 24.6 Å². The van der Waals surface area contributed by atoms with Gasteiger partial charge >= 0.3 is 6.18 Å². The number of rotatable bonds is 6. The molecule has 0 atom stereocenters. The van der Waals surface area contributed by atoms with Crippen molar-refractivity contribution in [2.75, 3.05) is 31.5 Å². The SMILES string of the molecule is COc1ccc(Nc2nc(N(C)c3ccc(OC)cc3)ncc2C(F)(F)F)cc1. The number of ether oxygens (including phenoxy) is 2. The third-order valence-corrected chi connectivity index (χ3v) is 4.19. The van der Waals surface area contributed by atoms with E-state index in [1.54, 1.807) is 67.6 Å². The number of aromatic nitrogens is 2. The summed E-state index contributed by atoms with van der Waals surface area (Å²) >= 11 is 0. The third-order valence-electron chi connectivity index (χ3n) is 4.19. The van der Waals surface area contributed by atoms with Crippen molar-refractivity contribution in [3.8, 4) is 11.5 Å². The monoisotopic (exact) mass is 404 g/mol. The van der Waals surface area contributed by atoms with Crippen molar-refractivity contribution >= 4 is 23.1 Å². The van der Waals surface area contributed by atoms with Crippen LogP contribution in [0.1, 0.15) is 5.56 Å². The predicted octanol–water partition coefficient (Wildman–Crippen LogP) is 5.02. The minimum Gasteiger partial charge on any atom is -0.497 e. The molecule has 3 aromatic rings. The Labute approximate surface area is 165 Å². The van der Waals surface area contributed by atoms with E-state index in [-0.39, 0.29) is 11.8 Å². The number of nitrogens with one attached hydrogen (secondary N) is 1. The molecule has 9 heteroatoms. The van der Waals surface area contributed by atoms with Gasteiger partial charge < -0.3 is 19.7 Å². The molecule has 0 aliphatic heterocycles. The van der Waals surface area contributed by atoms with E-state index in [0.717, 1.165) is 6.20 Å². The van der Waals surface area contributed by atoms with Crippen molar-refractivity contribution in [2.24, 2.45) is 0 Å². The van der Waals surface area contributed by atoms with Gasteiger partial charge in [0.15, 0.2) is 0 Å². The maximum atomic E-state index is 13.4. The van der Waals surface area contributed by atoms with Crippen LogP contribution in [0.15, 0.2) is 54.7 Å². The van der Waals surface area contributed by atoms with Crippen molar-refractivity contribution in [3.63, 3.8) is 0 Å². The summed E-state index contributed by atoms with van der Waals surface area (Å²) in [7, 11) is 4.73. The van der Waals surface area contributed by atoms with Gasteiger partial charge in [-0.05, 0) is 48.5 Å². The Morgan fingerprint density at radius 2 is 1.45 bits per heavy atom. The molecule has 0 bridgehead atoms. The van der Waals surface area contributed by atoms with Gasteiger partial charge in [0.25, 0.3) is 0 Å². The molecule has 0 saturated carbocycles. The number of halogens is 3. The first-order valence-electron chi connectivity index (χ1n) is 8.55. The van der Waals surface area contributed by atoms with Gasteiger partial charge in [0.2, 0.25) is 5.95 Å². The molecule has 1 aromatic heterocycles. The molecule has 0 saturated heterocycles. The topological polar surface area (TPSA) is 59.5 Å². The van der Waals surface area contributed by atoms with E-state index in [1.165, 1.54) is 7.11 Å². The summed E-state index contributed by atoms with van der Waals surface area (Å²) in [5.41, 5.74) is 0.175. The summed E-state index contributed by atoms with van der Waals surface area (Å²) in [5.74, 6) is 1.03. The molecule has 2 aromatic carbocycles. The molecule has 0 fully saturated rings. The molecule has 29 heavy (non-hydrogen) atoms. The summed E-state index contributed by atoms with van der Waals surface area (Å²) in [6.07, 6.45) is -3.83. The second-order valence-electron chi connectivity index (χ2n) is 6.04. The lowest BCUT2D eigenvalue weighted by Gasteiger charge is -2.20. The first-order valence-corrected chi connectivity index (χ1v) is 8.55. The molecule has 3 rings (SSSR count). The predicted molar refractivity (Wildman–Crippen MR) is 104 cm³/mol. The van der Waals surface area contributed by atoms with Crippen LogP contribution in [0.3, 0.4) is 0 Å². The second kappa shape index (κ2) is 8.26. The zero-order valence-corrected chi connectivity index (χ0v) is 16.0. The smallest absolute Gasteiger partial charge is 0.421 e. The molecule has 0 spiro atoms. The Balaban J connectivity index is 1.95. The molecule has 1 N–H and O–H groups in total. The number of hydrogen-bond acceptors (Lipinski definition) is 6. The highest BCUT2D eigenvalue weighted by molar-refractivity contribution is 5.64. The molecule has 0 amide bonds. The average Bonchev–Trinajstić information content (AvgIpc) is 2.73. The maximum absolute atomic E-state index is 13.4. The highest BCUT2D eigenvalue weighted by atomic mass is 19.4. The van der Waals surface area contributed by atoms with Gasteiger partial charge in [-0.25, -0.2) is 4.98 Å². The lowest BCUT2D eigenvalue weighted by Crippen LogP contribution is -2.17. The molecule has 0 aliphatic rings. The van der Waals surface area contributed by atoms with Crippen LogP contribution in [0.4, 0.5) is 36.3 Å². The van der Waals surface area contributed by atoms with E-state index < -0.39 is 11.7 Å². The number of anilines is 4. The first-order chi connectivity index (χ1) is 13.8. The van der Waals surface area contributed by atoms with Crippen LogP contribution in [-0.4, -0.2) is 31.2 Å². The normalized spacial score (nSPS) is 11.1. The Morgan fingerprint density at radius 3 is 1.97 bits per heavy atom. The van der Waals surface area contributed by atoms with Gasteiger partial charge in [-0.2, -0.15) is 18.2 Å². The van der Waals surface area contributed by atoms with E-state index in [0.29, 0.717) is 22.9 Å². The van der Waals surface area contributed by atoms with Crippen LogP contribution in [0.25, 0.3) is 0 Å². The van der Waals surface area contributed by atoms with Crippen molar-refractivity contribution < 1.29 is 22.6 Å². The highest BCUT2D eigenvalue weighted by Gasteiger charge is 2.35. The van der Waals surface area contributed by atoms with Gasteiger partial charge in [-0.3, -0.25) is 0 Å². The molecule has 0 unspecified atom stereocenters.